The lowest BCUT2D eigenvalue weighted by Crippen LogP contribution is -2.13. The minimum atomic E-state index is 0.269. The van der Waals surface area contributed by atoms with Gasteiger partial charge < -0.3 is 5.11 Å². The van der Waals surface area contributed by atoms with Crippen molar-refractivity contribution in [3.8, 4) is 11.1 Å². The van der Waals surface area contributed by atoms with E-state index in [1.54, 1.807) is 5.56 Å². The van der Waals surface area contributed by atoms with Gasteiger partial charge in [0.05, 0.1) is 0 Å². The molecule has 2 aromatic rings. The summed E-state index contributed by atoms with van der Waals surface area (Å²) >= 11 is 0. The van der Waals surface area contributed by atoms with Crippen LogP contribution in [-0.4, -0.2) is 11.7 Å². The first-order valence-corrected chi connectivity index (χ1v) is 12.1. The summed E-state index contributed by atoms with van der Waals surface area (Å²) in [6.45, 7) is 4.81. The fraction of sp³-hybridized carbons (Fsp3) is 0.571. The summed E-state index contributed by atoms with van der Waals surface area (Å²) in [6, 6.07) is 16.3. The summed E-state index contributed by atoms with van der Waals surface area (Å²) in [5.74, 6) is 1.74. The number of aryl methyl sites for hydroxylation is 2. The van der Waals surface area contributed by atoms with Crippen LogP contribution in [0.3, 0.4) is 0 Å². The predicted octanol–water partition coefficient (Wildman–Crippen LogP) is 7.70. The molecule has 3 rings (SSSR count). The Morgan fingerprint density at radius 3 is 2.28 bits per heavy atom. The smallest absolute Gasteiger partial charge is 0.0434 e. The Bertz CT molecular complexity index is 722. The summed E-state index contributed by atoms with van der Waals surface area (Å²) < 4.78 is 0. The van der Waals surface area contributed by atoms with E-state index in [-0.39, 0.29) is 6.61 Å². The highest BCUT2D eigenvalue weighted by Crippen LogP contribution is 2.38. The van der Waals surface area contributed by atoms with Crippen molar-refractivity contribution in [3.63, 3.8) is 0 Å². The van der Waals surface area contributed by atoms with Crippen LogP contribution in [0.4, 0.5) is 0 Å². The molecule has 0 heterocycles. The molecule has 0 bridgehead atoms. The lowest BCUT2D eigenvalue weighted by Gasteiger charge is -2.29. The van der Waals surface area contributed by atoms with E-state index in [0.29, 0.717) is 0 Å². The first kappa shape index (κ1) is 22.1. The molecule has 0 radical (unpaired) electrons. The molecule has 0 spiro atoms. The lowest BCUT2D eigenvalue weighted by atomic mass is 9.77. The Morgan fingerprint density at radius 2 is 1.62 bits per heavy atom. The number of unbranched alkanes of at least 4 members (excludes halogenated alkanes) is 2. The van der Waals surface area contributed by atoms with Crippen LogP contribution >= 0.6 is 0 Å². The molecule has 0 saturated heterocycles. The van der Waals surface area contributed by atoms with E-state index in [0.717, 1.165) is 31.1 Å². The number of aliphatic hydroxyl groups is 1. The molecule has 2 aromatic carbocycles. The molecule has 1 fully saturated rings. The Labute approximate surface area is 178 Å². The van der Waals surface area contributed by atoms with E-state index in [2.05, 4.69) is 56.3 Å². The van der Waals surface area contributed by atoms with Crippen LogP contribution in [0.2, 0.25) is 0 Å². The van der Waals surface area contributed by atoms with Crippen LogP contribution in [0, 0.1) is 5.92 Å². The van der Waals surface area contributed by atoms with E-state index in [4.69, 9.17) is 5.11 Å². The van der Waals surface area contributed by atoms with Gasteiger partial charge in [-0.25, -0.2) is 0 Å². The van der Waals surface area contributed by atoms with Gasteiger partial charge in [0.1, 0.15) is 0 Å². The van der Waals surface area contributed by atoms with Crippen molar-refractivity contribution in [2.75, 3.05) is 6.61 Å². The van der Waals surface area contributed by atoms with Crippen molar-refractivity contribution in [2.24, 2.45) is 5.92 Å². The zero-order chi connectivity index (χ0) is 20.5. The van der Waals surface area contributed by atoms with Gasteiger partial charge in [-0.1, -0.05) is 82.0 Å². The zero-order valence-electron chi connectivity index (χ0n) is 18.6. The van der Waals surface area contributed by atoms with Crippen LogP contribution in [0.1, 0.15) is 94.2 Å². The highest BCUT2D eigenvalue weighted by Gasteiger charge is 2.22. The number of rotatable bonds is 10. The molecule has 0 unspecified atom stereocenters. The van der Waals surface area contributed by atoms with E-state index < -0.39 is 0 Å². The lowest BCUT2D eigenvalue weighted by molar-refractivity contribution is 0.288. The number of hydrogen-bond donors (Lipinski definition) is 1. The van der Waals surface area contributed by atoms with Gasteiger partial charge >= 0.3 is 0 Å². The third-order valence-corrected chi connectivity index (χ3v) is 6.93. The van der Waals surface area contributed by atoms with Crippen LogP contribution in [0.15, 0.2) is 42.5 Å². The highest BCUT2D eigenvalue weighted by molar-refractivity contribution is 5.68. The highest BCUT2D eigenvalue weighted by atomic mass is 16.2. The first-order chi connectivity index (χ1) is 14.2. The van der Waals surface area contributed by atoms with E-state index in [1.807, 2.05) is 0 Å². The Hall–Kier alpha value is -1.60. The second kappa shape index (κ2) is 11.6. The molecule has 0 atom stereocenters. The van der Waals surface area contributed by atoms with Crippen molar-refractivity contribution in [1.29, 1.82) is 0 Å². The number of aliphatic hydroxyl groups excluding tert-OH is 1. The monoisotopic (exact) mass is 392 g/mol. The van der Waals surface area contributed by atoms with Gasteiger partial charge in [-0.2, -0.15) is 0 Å². The quantitative estimate of drug-likeness (QED) is 0.411. The average molecular weight is 393 g/mol. The van der Waals surface area contributed by atoms with Crippen LogP contribution in [0.5, 0.6) is 0 Å². The van der Waals surface area contributed by atoms with E-state index >= 15 is 0 Å². The van der Waals surface area contributed by atoms with Gasteiger partial charge in [-0.3, -0.25) is 0 Å². The van der Waals surface area contributed by atoms with Gasteiger partial charge in [0.15, 0.2) is 0 Å². The molecule has 0 aliphatic heterocycles. The summed E-state index contributed by atoms with van der Waals surface area (Å²) in [4.78, 5) is 0. The molecule has 29 heavy (non-hydrogen) atoms. The van der Waals surface area contributed by atoms with Gasteiger partial charge in [0.2, 0.25) is 0 Å². The maximum absolute atomic E-state index is 9.08. The zero-order valence-corrected chi connectivity index (χ0v) is 18.6. The summed E-state index contributed by atoms with van der Waals surface area (Å²) in [5.41, 5.74) is 7.00. The maximum atomic E-state index is 9.08. The van der Waals surface area contributed by atoms with E-state index in [9.17, 15) is 0 Å². The summed E-state index contributed by atoms with van der Waals surface area (Å²) in [6.07, 6.45) is 14.1. The number of benzene rings is 2. The molecule has 1 nitrogen and oxygen atoms in total. The van der Waals surface area contributed by atoms with Crippen molar-refractivity contribution < 1.29 is 5.11 Å². The molecular weight excluding hydrogens is 352 g/mol. The van der Waals surface area contributed by atoms with E-state index in [1.165, 1.54) is 73.6 Å². The normalized spacial score (nSPS) is 19.4. The molecule has 1 heteroatoms. The van der Waals surface area contributed by atoms with Crippen LogP contribution in [-0.2, 0) is 12.8 Å². The second-order valence-electron chi connectivity index (χ2n) is 9.01. The van der Waals surface area contributed by atoms with Gasteiger partial charge in [-0.15, -0.1) is 0 Å². The summed E-state index contributed by atoms with van der Waals surface area (Å²) in [5, 5.41) is 9.08. The van der Waals surface area contributed by atoms with Crippen molar-refractivity contribution in [3.05, 3.63) is 59.2 Å². The van der Waals surface area contributed by atoms with Crippen LogP contribution < -0.4 is 0 Å². The SMILES string of the molecule is CCCCCC1CCC(c2ccc(-c3ccc(CCCO)cc3CC)cc2)CC1. The Balaban J connectivity index is 1.62. The van der Waals surface area contributed by atoms with Crippen molar-refractivity contribution in [1.82, 2.24) is 0 Å². The molecular formula is C28H40O. The van der Waals surface area contributed by atoms with Crippen molar-refractivity contribution in [2.45, 2.75) is 90.4 Å². The Morgan fingerprint density at radius 1 is 0.862 bits per heavy atom. The Kier molecular flexibility index (Phi) is 8.80. The molecule has 1 N–H and O–H groups in total. The molecule has 0 amide bonds. The first-order valence-electron chi connectivity index (χ1n) is 12.1. The standard InChI is InChI=1S/C28H40O/c1-3-5-6-8-22-10-13-25(14-11-22)26-15-17-27(18-16-26)28-19-12-23(9-7-20-29)21-24(28)4-2/h12,15-19,21-22,25,29H,3-11,13-14,20H2,1-2H3. The fourth-order valence-electron chi connectivity index (χ4n) is 5.06. The molecule has 1 saturated carbocycles. The molecule has 1 aliphatic carbocycles. The average Bonchev–Trinajstić information content (AvgIpc) is 2.78. The minimum absolute atomic E-state index is 0.269. The third-order valence-electron chi connectivity index (χ3n) is 6.93. The number of hydrogen-bond acceptors (Lipinski definition) is 1. The predicted molar refractivity (Wildman–Crippen MR) is 126 cm³/mol. The largest absolute Gasteiger partial charge is 0.396 e. The fourth-order valence-corrected chi connectivity index (χ4v) is 5.06. The topological polar surface area (TPSA) is 20.2 Å². The third kappa shape index (κ3) is 6.19. The van der Waals surface area contributed by atoms with Gasteiger partial charge in [-0.05, 0) is 84.6 Å². The van der Waals surface area contributed by atoms with Gasteiger partial charge in [0, 0.05) is 6.61 Å². The van der Waals surface area contributed by atoms with Crippen molar-refractivity contribution >= 4 is 0 Å². The second-order valence-corrected chi connectivity index (χ2v) is 9.01. The summed E-state index contributed by atoms with van der Waals surface area (Å²) in [7, 11) is 0. The maximum Gasteiger partial charge on any atom is 0.0434 e. The molecule has 1 aliphatic rings. The van der Waals surface area contributed by atoms with Crippen LogP contribution in [0.25, 0.3) is 11.1 Å². The molecule has 0 aromatic heterocycles. The minimum Gasteiger partial charge on any atom is -0.396 e. The van der Waals surface area contributed by atoms with Gasteiger partial charge in [0.25, 0.3) is 0 Å². The molecule has 158 valence electrons.